The largest absolute Gasteiger partial charge is 0.0877 e. The lowest BCUT2D eigenvalue weighted by Crippen LogP contribution is -1.92. The van der Waals surface area contributed by atoms with Crippen LogP contribution < -0.4 is 0 Å². The van der Waals surface area contributed by atoms with Crippen LogP contribution in [0.1, 0.15) is 0 Å². The minimum atomic E-state index is 1.26. The molecule has 0 unspecified atom stereocenters. The van der Waals surface area contributed by atoms with Crippen LogP contribution in [0.15, 0.2) is 117 Å². The van der Waals surface area contributed by atoms with Gasteiger partial charge in [-0.1, -0.05) is 102 Å². The first-order valence-corrected chi connectivity index (χ1v) is 10.3. The zero-order chi connectivity index (χ0) is 17.3. The highest BCUT2D eigenvalue weighted by atomic mass is 32.2. The molecule has 0 saturated carbocycles. The normalized spacial score (nSPS) is 12.3. The van der Waals surface area contributed by atoms with Gasteiger partial charge in [-0.25, -0.2) is 0 Å². The van der Waals surface area contributed by atoms with Gasteiger partial charge in [0.1, 0.15) is 0 Å². The molecule has 0 spiro atoms. The maximum Gasteiger partial charge on any atom is 0.0340 e. The van der Waals surface area contributed by atoms with Gasteiger partial charge in [0.05, 0.1) is 0 Å². The second kappa shape index (κ2) is 6.71. The lowest BCUT2D eigenvalue weighted by Gasteiger charge is -2.21. The van der Waals surface area contributed by atoms with E-state index in [9.17, 15) is 0 Å². The Labute approximate surface area is 162 Å². The third kappa shape index (κ3) is 2.86. The van der Waals surface area contributed by atoms with Crippen LogP contribution in [0.5, 0.6) is 0 Å². The van der Waals surface area contributed by atoms with Gasteiger partial charge in [0.2, 0.25) is 0 Å². The lowest BCUT2D eigenvalue weighted by atomic mass is 10.0. The highest BCUT2D eigenvalue weighted by Gasteiger charge is 2.19. The molecule has 4 aromatic carbocycles. The molecular formula is C24H16S2. The molecule has 4 aromatic rings. The molecule has 0 atom stereocenters. The van der Waals surface area contributed by atoms with Crippen molar-refractivity contribution >= 4 is 23.5 Å². The summed E-state index contributed by atoms with van der Waals surface area (Å²) in [7, 11) is 0. The van der Waals surface area contributed by atoms with E-state index in [2.05, 4.69) is 97.1 Å². The van der Waals surface area contributed by atoms with Gasteiger partial charge < -0.3 is 0 Å². The van der Waals surface area contributed by atoms with Gasteiger partial charge in [0.25, 0.3) is 0 Å². The van der Waals surface area contributed by atoms with Crippen molar-refractivity contribution in [2.24, 2.45) is 0 Å². The summed E-state index contributed by atoms with van der Waals surface area (Å²) in [5, 5.41) is 0. The molecule has 1 heterocycles. The fourth-order valence-corrected chi connectivity index (χ4v) is 5.65. The van der Waals surface area contributed by atoms with E-state index < -0.39 is 0 Å². The third-order valence-electron chi connectivity index (χ3n) is 4.56. The van der Waals surface area contributed by atoms with Crippen molar-refractivity contribution in [2.45, 2.75) is 19.6 Å². The van der Waals surface area contributed by atoms with E-state index in [1.165, 1.54) is 41.8 Å². The third-order valence-corrected chi connectivity index (χ3v) is 7.18. The van der Waals surface area contributed by atoms with Crippen LogP contribution in [0.4, 0.5) is 0 Å². The number of benzene rings is 4. The quantitative estimate of drug-likeness (QED) is 0.314. The average molecular weight is 369 g/mol. The molecule has 1 aliphatic rings. The summed E-state index contributed by atoms with van der Waals surface area (Å²) in [5.74, 6) is 0. The number of hydrogen-bond donors (Lipinski definition) is 0. The average Bonchev–Trinajstić information content (AvgIpc) is 2.72. The molecule has 0 amide bonds. The molecule has 0 nitrogen and oxygen atoms in total. The fraction of sp³-hybridized carbons (Fsp3) is 0. The summed E-state index contributed by atoms with van der Waals surface area (Å²) in [4.78, 5) is 5.40. The molecule has 0 fully saturated rings. The van der Waals surface area contributed by atoms with E-state index in [1.807, 2.05) is 23.5 Å². The Hall–Kier alpha value is -2.42. The molecule has 2 heteroatoms. The number of fused-ring (bicyclic) bond motifs is 2. The number of hydrogen-bond acceptors (Lipinski definition) is 2. The monoisotopic (exact) mass is 368 g/mol. The lowest BCUT2D eigenvalue weighted by molar-refractivity contribution is 1.16. The van der Waals surface area contributed by atoms with E-state index in [-0.39, 0.29) is 0 Å². The zero-order valence-electron chi connectivity index (χ0n) is 14.1. The van der Waals surface area contributed by atoms with E-state index in [4.69, 9.17) is 0 Å². The Morgan fingerprint density at radius 2 is 0.962 bits per heavy atom. The summed E-state index contributed by atoms with van der Waals surface area (Å²) in [6, 6.07) is 34.7. The van der Waals surface area contributed by atoms with Gasteiger partial charge in [-0.15, -0.1) is 0 Å². The van der Waals surface area contributed by atoms with Crippen LogP contribution in [-0.2, 0) is 0 Å². The highest BCUT2D eigenvalue weighted by molar-refractivity contribution is 8.05. The number of rotatable bonds is 2. The molecule has 0 aliphatic carbocycles. The first kappa shape index (κ1) is 15.8. The maximum absolute atomic E-state index is 2.24. The molecule has 124 valence electrons. The summed E-state index contributed by atoms with van der Waals surface area (Å²) in [6.45, 7) is 0. The van der Waals surface area contributed by atoms with Crippen molar-refractivity contribution in [1.29, 1.82) is 0 Å². The Balaban J connectivity index is 1.54. The van der Waals surface area contributed by atoms with E-state index >= 15 is 0 Å². The minimum absolute atomic E-state index is 1.26. The first-order valence-electron chi connectivity index (χ1n) is 8.62. The predicted octanol–water partition coefficient (Wildman–Crippen LogP) is 7.64. The van der Waals surface area contributed by atoms with Crippen LogP contribution in [0.3, 0.4) is 0 Å². The van der Waals surface area contributed by atoms with Crippen LogP contribution in [0, 0.1) is 0 Å². The van der Waals surface area contributed by atoms with Crippen LogP contribution in [0.25, 0.3) is 22.3 Å². The van der Waals surface area contributed by atoms with E-state index in [1.54, 1.807) is 0 Å². The molecule has 0 saturated heterocycles. The van der Waals surface area contributed by atoms with Gasteiger partial charge in [-0.2, -0.15) is 0 Å². The molecule has 0 aromatic heterocycles. The summed E-state index contributed by atoms with van der Waals surface area (Å²) in [5.41, 5.74) is 5.10. The van der Waals surface area contributed by atoms with Crippen molar-refractivity contribution in [1.82, 2.24) is 0 Å². The van der Waals surface area contributed by atoms with E-state index in [0.717, 1.165) is 0 Å². The van der Waals surface area contributed by atoms with Gasteiger partial charge >= 0.3 is 0 Å². The smallest absolute Gasteiger partial charge is 0.0340 e. The molecule has 0 bridgehead atoms. The Morgan fingerprint density at radius 3 is 1.73 bits per heavy atom. The summed E-state index contributed by atoms with van der Waals surface area (Å²) in [6.07, 6.45) is 0. The fourth-order valence-electron chi connectivity index (χ4n) is 3.25. The summed E-state index contributed by atoms with van der Waals surface area (Å²) >= 11 is 3.75. The Morgan fingerprint density at radius 1 is 0.385 bits per heavy atom. The van der Waals surface area contributed by atoms with Crippen molar-refractivity contribution in [3.8, 4) is 22.3 Å². The maximum atomic E-state index is 2.24. The van der Waals surface area contributed by atoms with Crippen molar-refractivity contribution in [3.05, 3.63) is 97.1 Å². The Bertz CT molecular complexity index is 1070. The van der Waals surface area contributed by atoms with Crippen LogP contribution in [0.2, 0.25) is 0 Å². The zero-order valence-corrected chi connectivity index (χ0v) is 15.7. The van der Waals surface area contributed by atoms with Crippen molar-refractivity contribution in [2.75, 3.05) is 0 Å². The summed E-state index contributed by atoms with van der Waals surface area (Å²) < 4.78 is 0. The molecule has 26 heavy (non-hydrogen) atoms. The topological polar surface area (TPSA) is 0 Å². The van der Waals surface area contributed by atoms with Crippen LogP contribution in [-0.4, -0.2) is 0 Å². The second-order valence-electron chi connectivity index (χ2n) is 6.23. The second-order valence-corrected chi connectivity index (χ2v) is 8.36. The molecule has 1 aliphatic heterocycles. The van der Waals surface area contributed by atoms with Gasteiger partial charge in [0, 0.05) is 19.6 Å². The highest BCUT2D eigenvalue weighted by Crippen LogP contribution is 2.51. The van der Waals surface area contributed by atoms with Gasteiger partial charge in [0.15, 0.2) is 0 Å². The Kier molecular flexibility index (Phi) is 4.08. The molecule has 0 N–H and O–H groups in total. The van der Waals surface area contributed by atoms with Gasteiger partial charge in [-0.3, -0.25) is 0 Å². The molecular weight excluding hydrogens is 352 g/mol. The van der Waals surface area contributed by atoms with Crippen molar-refractivity contribution < 1.29 is 0 Å². The van der Waals surface area contributed by atoms with Crippen molar-refractivity contribution in [3.63, 3.8) is 0 Å². The SMILES string of the molecule is c1ccc(-c2ccc(-c3cccc4c3Sc3ccccc3S4)cc2)cc1. The standard InChI is InChI=1S/C24H16S2/c1-2-7-17(8-3-1)18-13-15-19(16-14-18)20-9-6-12-23-24(20)26-22-11-5-4-10-21(22)25-23/h1-16H. The first-order chi connectivity index (χ1) is 12.9. The van der Waals surface area contributed by atoms with Gasteiger partial charge in [-0.05, 0) is 40.5 Å². The van der Waals surface area contributed by atoms with E-state index in [0.29, 0.717) is 0 Å². The molecule has 0 radical (unpaired) electrons. The van der Waals surface area contributed by atoms with Crippen LogP contribution >= 0.6 is 23.5 Å². The molecule has 5 rings (SSSR count). The minimum Gasteiger partial charge on any atom is -0.0877 e. The predicted molar refractivity (Wildman–Crippen MR) is 112 cm³/mol.